The fraction of sp³-hybridized carbons (Fsp3) is 0.188. The first-order chi connectivity index (χ1) is 11.7. The molecule has 4 rings (SSSR count). The quantitative estimate of drug-likeness (QED) is 0.761. The molecule has 24 heavy (non-hydrogen) atoms. The number of rotatable bonds is 4. The number of para-hydroxylation sites is 1. The molecule has 122 valence electrons. The Bertz CT molecular complexity index is 878. The van der Waals surface area contributed by atoms with E-state index in [1.54, 1.807) is 23.5 Å². The summed E-state index contributed by atoms with van der Waals surface area (Å²) in [6.45, 7) is 0.204. The molecule has 1 atom stereocenters. The smallest absolute Gasteiger partial charge is 0.261 e. The Kier molecular flexibility index (Phi) is 3.73. The van der Waals surface area contributed by atoms with Crippen LogP contribution in [0.3, 0.4) is 0 Å². The Hall–Kier alpha value is -2.74. The number of amides is 1. The Morgan fingerprint density at radius 3 is 3.12 bits per heavy atom. The van der Waals surface area contributed by atoms with Crippen LogP contribution < -0.4 is 10.1 Å². The predicted molar refractivity (Wildman–Crippen MR) is 86.1 cm³/mol. The highest BCUT2D eigenvalue weighted by Crippen LogP contribution is 2.31. The number of hydrogen-bond donors (Lipinski definition) is 2. The number of nitrogens with one attached hydrogen (secondary N) is 2. The Morgan fingerprint density at radius 1 is 1.42 bits per heavy atom. The van der Waals surface area contributed by atoms with Gasteiger partial charge in [0, 0.05) is 12.0 Å². The molecule has 1 aromatic carbocycles. The molecule has 8 heteroatoms. The third kappa shape index (κ3) is 2.76. The summed E-state index contributed by atoms with van der Waals surface area (Å²) in [5, 5.41) is 11.6. The van der Waals surface area contributed by atoms with Gasteiger partial charge in [-0.3, -0.25) is 9.89 Å². The standard InChI is InChI=1S/C16H13FN4O2S/c17-10-4-1-3-9-7-11(23-14(9)10)16(22)18-8-13-19-15(21-20-13)12-5-2-6-24-12/h1-6,11H,7-8H2,(H,18,22)(H,19,20,21)/t11-/m1/s1. The molecule has 0 saturated heterocycles. The van der Waals surface area contributed by atoms with Crippen LogP contribution in [-0.2, 0) is 17.8 Å². The molecule has 0 bridgehead atoms. The van der Waals surface area contributed by atoms with Crippen LogP contribution in [0.5, 0.6) is 5.75 Å². The van der Waals surface area contributed by atoms with Gasteiger partial charge in [-0.25, -0.2) is 9.37 Å². The minimum atomic E-state index is -0.725. The number of fused-ring (bicyclic) bond motifs is 1. The molecule has 0 aliphatic carbocycles. The summed E-state index contributed by atoms with van der Waals surface area (Å²) in [6, 6.07) is 8.54. The van der Waals surface area contributed by atoms with Crippen molar-refractivity contribution < 1.29 is 13.9 Å². The molecule has 0 radical (unpaired) electrons. The van der Waals surface area contributed by atoms with Crippen LogP contribution in [0.4, 0.5) is 4.39 Å². The van der Waals surface area contributed by atoms with Gasteiger partial charge in [0.15, 0.2) is 23.5 Å². The van der Waals surface area contributed by atoms with Crippen molar-refractivity contribution in [1.29, 1.82) is 0 Å². The van der Waals surface area contributed by atoms with Gasteiger partial charge in [0.2, 0.25) is 0 Å². The minimum Gasteiger partial charge on any atom is -0.477 e. The number of nitrogens with zero attached hydrogens (tertiary/aromatic N) is 2. The lowest BCUT2D eigenvalue weighted by atomic mass is 10.1. The third-order valence-electron chi connectivity index (χ3n) is 3.71. The van der Waals surface area contributed by atoms with E-state index in [1.807, 2.05) is 17.5 Å². The zero-order chi connectivity index (χ0) is 16.5. The number of hydrogen-bond acceptors (Lipinski definition) is 5. The van der Waals surface area contributed by atoms with Crippen LogP contribution in [-0.4, -0.2) is 27.2 Å². The van der Waals surface area contributed by atoms with Gasteiger partial charge < -0.3 is 10.1 Å². The van der Waals surface area contributed by atoms with Gasteiger partial charge in [0.05, 0.1) is 11.4 Å². The van der Waals surface area contributed by atoms with Gasteiger partial charge in [-0.2, -0.15) is 5.10 Å². The average molecular weight is 344 g/mol. The Balaban J connectivity index is 1.37. The van der Waals surface area contributed by atoms with Crippen LogP contribution in [0.2, 0.25) is 0 Å². The van der Waals surface area contributed by atoms with E-state index in [9.17, 15) is 9.18 Å². The van der Waals surface area contributed by atoms with Gasteiger partial charge in [0.1, 0.15) is 5.82 Å². The maximum Gasteiger partial charge on any atom is 0.261 e. The summed E-state index contributed by atoms with van der Waals surface area (Å²) in [5.41, 5.74) is 0.704. The van der Waals surface area contributed by atoms with Gasteiger partial charge in [-0.15, -0.1) is 11.3 Å². The highest BCUT2D eigenvalue weighted by atomic mass is 32.1. The summed E-state index contributed by atoms with van der Waals surface area (Å²) < 4.78 is 19.1. The molecule has 0 saturated carbocycles. The molecule has 1 aliphatic rings. The number of carbonyl (C=O) groups excluding carboxylic acids is 1. The normalized spacial score (nSPS) is 15.8. The van der Waals surface area contributed by atoms with Crippen LogP contribution in [0.1, 0.15) is 11.4 Å². The van der Waals surface area contributed by atoms with Crippen molar-refractivity contribution in [3.63, 3.8) is 0 Å². The van der Waals surface area contributed by atoms with Crippen molar-refractivity contribution in [3.05, 3.63) is 52.9 Å². The lowest BCUT2D eigenvalue weighted by molar-refractivity contribution is -0.127. The number of aromatic nitrogens is 3. The molecule has 1 amide bonds. The van der Waals surface area contributed by atoms with E-state index in [2.05, 4.69) is 20.5 Å². The lowest BCUT2D eigenvalue weighted by Gasteiger charge is -2.10. The molecule has 0 fully saturated rings. The topological polar surface area (TPSA) is 79.9 Å². The van der Waals surface area contributed by atoms with Crippen molar-refractivity contribution in [2.45, 2.75) is 19.1 Å². The van der Waals surface area contributed by atoms with Crippen molar-refractivity contribution in [1.82, 2.24) is 20.5 Å². The molecule has 2 N–H and O–H groups in total. The fourth-order valence-corrected chi connectivity index (χ4v) is 3.21. The number of aromatic amines is 1. The summed E-state index contributed by atoms with van der Waals surface area (Å²) in [5.74, 6) is 0.560. The molecule has 3 heterocycles. The predicted octanol–water partition coefficient (Wildman–Crippen LogP) is 2.29. The molecule has 3 aromatic rings. The summed E-state index contributed by atoms with van der Waals surface area (Å²) in [4.78, 5) is 17.5. The van der Waals surface area contributed by atoms with Crippen molar-refractivity contribution in [3.8, 4) is 16.5 Å². The summed E-state index contributed by atoms with van der Waals surface area (Å²) in [6.07, 6.45) is -0.368. The van der Waals surface area contributed by atoms with Crippen molar-refractivity contribution in [2.75, 3.05) is 0 Å². The van der Waals surface area contributed by atoms with E-state index >= 15 is 0 Å². The van der Waals surface area contributed by atoms with Gasteiger partial charge >= 0.3 is 0 Å². The van der Waals surface area contributed by atoms with E-state index < -0.39 is 11.9 Å². The van der Waals surface area contributed by atoms with Gasteiger partial charge in [0.25, 0.3) is 5.91 Å². The number of halogens is 1. The highest BCUT2D eigenvalue weighted by molar-refractivity contribution is 7.13. The second-order valence-corrected chi connectivity index (χ2v) is 6.29. The Labute approximate surface area is 140 Å². The molecule has 2 aromatic heterocycles. The molecule has 6 nitrogen and oxygen atoms in total. The summed E-state index contributed by atoms with van der Waals surface area (Å²) in [7, 11) is 0. The van der Waals surface area contributed by atoms with Crippen LogP contribution in [0.25, 0.3) is 10.7 Å². The lowest BCUT2D eigenvalue weighted by Crippen LogP contribution is -2.37. The first-order valence-corrected chi connectivity index (χ1v) is 8.25. The van der Waals surface area contributed by atoms with Crippen molar-refractivity contribution in [2.24, 2.45) is 0 Å². The largest absolute Gasteiger partial charge is 0.477 e. The third-order valence-corrected chi connectivity index (χ3v) is 4.58. The molecular formula is C16H13FN4O2S. The van der Waals surface area contributed by atoms with E-state index in [1.165, 1.54) is 6.07 Å². The van der Waals surface area contributed by atoms with E-state index in [-0.39, 0.29) is 18.2 Å². The fourth-order valence-electron chi connectivity index (χ4n) is 2.55. The molecule has 1 aliphatic heterocycles. The van der Waals surface area contributed by atoms with E-state index in [0.717, 1.165) is 4.88 Å². The number of carbonyl (C=O) groups is 1. The molecule has 0 unspecified atom stereocenters. The van der Waals surface area contributed by atoms with Crippen LogP contribution in [0.15, 0.2) is 35.7 Å². The minimum absolute atomic E-state index is 0.164. The zero-order valence-electron chi connectivity index (χ0n) is 12.5. The first-order valence-electron chi connectivity index (χ1n) is 7.37. The maximum atomic E-state index is 13.6. The van der Waals surface area contributed by atoms with Gasteiger partial charge in [-0.05, 0) is 17.5 Å². The first kappa shape index (κ1) is 14.8. The zero-order valence-corrected chi connectivity index (χ0v) is 13.3. The molecule has 0 spiro atoms. The molecular weight excluding hydrogens is 331 g/mol. The Morgan fingerprint density at radius 2 is 2.33 bits per heavy atom. The maximum absolute atomic E-state index is 13.6. The second kappa shape index (κ2) is 6.04. The number of benzene rings is 1. The van der Waals surface area contributed by atoms with Crippen molar-refractivity contribution >= 4 is 17.2 Å². The summed E-state index contributed by atoms with van der Waals surface area (Å²) >= 11 is 1.54. The number of thiophene rings is 1. The highest BCUT2D eigenvalue weighted by Gasteiger charge is 2.31. The second-order valence-electron chi connectivity index (χ2n) is 5.34. The van der Waals surface area contributed by atoms with E-state index in [4.69, 9.17) is 4.74 Å². The van der Waals surface area contributed by atoms with E-state index in [0.29, 0.717) is 23.6 Å². The van der Waals surface area contributed by atoms with Gasteiger partial charge in [-0.1, -0.05) is 18.2 Å². The van der Waals surface area contributed by atoms with Crippen LogP contribution in [0, 0.1) is 5.82 Å². The monoisotopic (exact) mass is 344 g/mol. The SMILES string of the molecule is O=C(NCc1nc(-c2cccs2)n[nH]1)[C@H]1Cc2cccc(F)c2O1. The average Bonchev–Trinajstić information content (AvgIpc) is 3.31. The number of ether oxygens (including phenoxy) is 1. The number of H-pyrrole nitrogens is 1. The van der Waals surface area contributed by atoms with Crippen LogP contribution >= 0.6 is 11.3 Å².